The molecule has 2 heterocycles. The summed E-state index contributed by atoms with van der Waals surface area (Å²) in [5.41, 5.74) is 2.64. The van der Waals surface area contributed by atoms with Gasteiger partial charge in [-0.15, -0.1) is 0 Å². The van der Waals surface area contributed by atoms with Gasteiger partial charge in [0.05, 0.1) is 25.4 Å². The van der Waals surface area contributed by atoms with E-state index in [4.69, 9.17) is 9.84 Å². The van der Waals surface area contributed by atoms with Gasteiger partial charge in [0.25, 0.3) is 5.91 Å². The molecular formula is C24H29FN4O2. The lowest BCUT2D eigenvalue weighted by molar-refractivity contribution is -0.134. The summed E-state index contributed by atoms with van der Waals surface area (Å²) in [6, 6.07) is 13.9. The van der Waals surface area contributed by atoms with E-state index < -0.39 is 0 Å². The van der Waals surface area contributed by atoms with Crippen LogP contribution in [0.4, 0.5) is 4.39 Å². The molecule has 1 saturated heterocycles. The van der Waals surface area contributed by atoms with E-state index in [1.807, 2.05) is 24.3 Å². The fourth-order valence-corrected chi connectivity index (χ4v) is 4.17. The van der Waals surface area contributed by atoms with E-state index in [-0.39, 0.29) is 17.8 Å². The van der Waals surface area contributed by atoms with E-state index in [1.165, 1.54) is 12.1 Å². The Morgan fingerprint density at radius 3 is 2.29 bits per heavy atom. The fraction of sp³-hybridized carbons (Fsp3) is 0.417. The van der Waals surface area contributed by atoms with E-state index in [9.17, 15) is 9.18 Å². The first-order chi connectivity index (χ1) is 15.1. The van der Waals surface area contributed by atoms with E-state index >= 15 is 0 Å². The van der Waals surface area contributed by atoms with Crippen LogP contribution < -0.4 is 4.74 Å². The molecule has 7 heteroatoms. The Hall–Kier alpha value is -2.77. The number of ether oxygens (including phenoxy) is 1. The van der Waals surface area contributed by atoms with Crippen LogP contribution in [0.5, 0.6) is 5.75 Å². The minimum atomic E-state index is -0.284. The lowest BCUT2D eigenvalue weighted by atomic mass is 9.98. The minimum absolute atomic E-state index is 0.0112. The molecule has 164 valence electrons. The van der Waals surface area contributed by atoms with Crippen LogP contribution in [-0.2, 0) is 4.79 Å². The molecule has 0 N–H and O–H groups in total. The first-order valence-electron chi connectivity index (χ1n) is 10.8. The summed E-state index contributed by atoms with van der Waals surface area (Å²) in [4.78, 5) is 17.9. The number of amides is 1. The van der Waals surface area contributed by atoms with Crippen LogP contribution in [0.3, 0.4) is 0 Å². The van der Waals surface area contributed by atoms with Gasteiger partial charge >= 0.3 is 0 Å². The monoisotopic (exact) mass is 424 g/mol. The number of hydrogen-bond donors (Lipinski definition) is 0. The zero-order valence-corrected chi connectivity index (χ0v) is 18.1. The van der Waals surface area contributed by atoms with Crippen LogP contribution in [0.15, 0.2) is 53.6 Å². The van der Waals surface area contributed by atoms with Crippen LogP contribution in [0.2, 0.25) is 0 Å². The van der Waals surface area contributed by atoms with Crippen molar-refractivity contribution in [1.82, 2.24) is 14.8 Å². The average molecular weight is 425 g/mol. The molecule has 1 fully saturated rings. The molecule has 0 bridgehead atoms. The number of hydrogen-bond acceptors (Lipinski definition) is 5. The van der Waals surface area contributed by atoms with Gasteiger partial charge in [-0.05, 0) is 41.9 Å². The molecule has 0 unspecified atom stereocenters. The topological polar surface area (TPSA) is 48.4 Å². The lowest BCUT2D eigenvalue weighted by Crippen LogP contribution is -2.49. The second kappa shape index (κ2) is 9.58. The van der Waals surface area contributed by atoms with Crippen LogP contribution in [0.1, 0.15) is 30.5 Å². The van der Waals surface area contributed by atoms with Gasteiger partial charge in [-0.3, -0.25) is 9.69 Å². The number of nitrogens with zero attached hydrogens (tertiary/aromatic N) is 4. The number of likely N-dealkylation sites (N-methyl/N-ethyl adjacent to an activating group) is 1. The fourth-order valence-electron chi connectivity index (χ4n) is 4.17. The van der Waals surface area contributed by atoms with Gasteiger partial charge in [-0.1, -0.05) is 31.2 Å². The molecule has 2 aromatic carbocycles. The van der Waals surface area contributed by atoms with Crippen LogP contribution >= 0.6 is 0 Å². The summed E-state index contributed by atoms with van der Waals surface area (Å²) in [5.74, 6) is 0.476. The van der Waals surface area contributed by atoms with Crippen LogP contribution in [0.25, 0.3) is 0 Å². The van der Waals surface area contributed by atoms with Crippen molar-refractivity contribution in [3.05, 3.63) is 65.5 Å². The Labute approximate surface area is 182 Å². The number of methoxy groups -OCH3 is 1. The third-order valence-electron chi connectivity index (χ3n) is 6.11. The van der Waals surface area contributed by atoms with Crippen molar-refractivity contribution < 1.29 is 13.9 Å². The molecule has 0 saturated carbocycles. The first kappa shape index (κ1) is 21.5. The number of hydrazone groups is 1. The Bertz CT molecular complexity index is 922. The first-order valence-corrected chi connectivity index (χ1v) is 10.8. The zero-order valence-electron chi connectivity index (χ0n) is 18.1. The molecule has 2 aliphatic heterocycles. The van der Waals surface area contributed by atoms with Crippen molar-refractivity contribution >= 4 is 11.6 Å². The number of piperazine rings is 1. The summed E-state index contributed by atoms with van der Waals surface area (Å²) in [6.07, 6.45) is 0.591. The van der Waals surface area contributed by atoms with E-state index in [2.05, 4.69) is 16.7 Å². The molecule has 6 nitrogen and oxygen atoms in total. The maximum Gasteiger partial charge on any atom is 0.257 e. The summed E-state index contributed by atoms with van der Waals surface area (Å²) < 4.78 is 18.7. The smallest absolute Gasteiger partial charge is 0.257 e. The summed E-state index contributed by atoms with van der Waals surface area (Å²) in [7, 11) is 1.63. The van der Waals surface area contributed by atoms with Crippen molar-refractivity contribution in [2.45, 2.75) is 19.4 Å². The third kappa shape index (κ3) is 4.94. The molecular weight excluding hydrogens is 395 g/mol. The average Bonchev–Trinajstić information content (AvgIpc) is 3.26. The predicted molar refractivity (Wildman–Crippen MR) is 119 cm³/mol. The van der Waals surface area contributed by atoms with E-state index in [1.54, 1.807) is 24.3 Å². The van der Waals surface area contributed by atoms with Crippen molar-refractivity contribution in [1.29, 1.82) is 0 Å². The maximum atomic E-state index is 13.4. The summed E-state index contributed by atoms with van der Waals surface area (Å²) in [6.45, 7) is 7.29. The second-order valence-electron chi connectivity index (χ2n) is 8.00. The summed E-state index contributed by atoms with van der Waals surface area (Å²) >= 11 is 0. The minimum Gasteiger partial charge on any atom is -0.497 e. The highest BCUT2D eigenvalue weighted by Gasteiger charge is 2.34. The largest absolute Gasteiger partial charge is 0.497 e. The Morgan fingerprint density at radius 1 is 1.03 bits per heavy atom. The normalized spacial score (nSPS) is 20.0. The maximum absolute atomic E-state index is 13.4. The second-order valence-corrected chi connectivity index (χ2v) is 8.00. The number of rotatable bonds is 6. The third-order valence-corrected chi connectivity index (χ3v) is 6.11. The standard InChI is InChI=1S/C24H29FN4O2/c1-3-27-12-14-28(15-13-27)17-24(30)29-23(19-6-10-21(31-2)11-7-19)16-22(26-29)18-4-8-20(25)9-5-18/h4-11,23H,3,12-17H2,1-2H3/t23-/m0/s1. The van der Waals surface area contributed by atoms with Crippen molar-refractivity contribution in [2.75, 3.05) is 46.4 Å². The molecule has 1 amide bonds. The van der Waals surface area contributed by atoms with Crippen molar-refractivity contribution in [3.8, 4) is 5.75 Å². The highest BCUT2D eigenvalue weighted by molar-refractivity contribution is 6.03. The highest BCUT2D eigenvalue weighted by atomic mass is 19.1. The van der Waals surface area contributed by atoms with Gasteiger partial charge in [0.15, 0.2) is 0 Å². The van der Waals surface area contributed by atoms with Crippen LogP contribution in [-0.4, -0.2) is 72.8 Å². The van der Waals surface area contributed by atoms with E-state index in [0.29, 0.717) is 13.0 Å². The van der Waals surface area contributed by atoms with Gasteiger partial charge in [-0.2, -0.15) is 5.10 Å². The Morgan fingerprint density at radius 2 is 1.68 bits per heavy atom. The predicted octanol–water partition coefficient (Wildman–Crippen LogP) is 3.15. The Kier molecular flexibility index (Phi) is 6.63. The molecule has 0 aromatic heterocycles. The SMILES string of the molecule is CCN1CCN(CC(=O)N2N=C(c3ccc(F)cc3)C[C@H]2c2ccc(OC)cc2)CC1. The molecule has 0 radical (unpaired) electrons. The quantitative estimate of drug-likeness (QED) is 0.715. The van der Waals surface area contributed by atoms with Gasteiger partial charge in [-0.25, -0.2) is 9.40 Å². The molecule has 0 aliphatic carbocycles. The number of carbonyl (C=O) groups is 1. The molecule has 4 rings (SSSR count). The van der Waals surface area contributed by atoms with Crippen LogP contribution in [0, 0.1) is 5.82 Å². The molecule has 2 aliphatic rings. The highest BCUT2D eigenvalue weighted by Crippen LogP contribution is 2.33. The number of benzene rings is 2. The lowest BCUT2D eigenvalue weighted by Gasteiger charge is -2.34. The molecule has 31 heavy (non-hydrogen) atoms. The Balaban J connectivity index is 1.54. The molecule has 1 atom stereocenters. The van der Waals surface area contributed by atoms with Gasteiger partial charge < -0.3 is 9.64 Å². The molecule has 0 spiro atoms. The van der Waals surface area contributed by atoms with Gasteiger partial charge in [0, 0.05) is 32.6 Å². The van der Waals surface area contributed by atoms with E-state index in [0.717, 1.165) is 55.3 Å². The summed E-state index contributed by atoms with van der Waals surface area (Å²) in [5, 5.41) is 6.31. The van der Waals surface area contributed by atoms with Gasteiger partial charge in [0.1, 0.15) is 11.6 Å². The zero-order chi connectivity index (χ0) is 21.8. The van der Waals surface area contributed by atoms with Gasteiger partial charge in [0.2, 0.25) is 0 Å². The van der Waals surface area contributed by atoms with Crippen molar-refractivity contribution in [2.24, 2.45) is 5.10 Å². The molecule has 2 aromatic rings. The number of carbonyl (C=O) groups excluding carboxylic acids is 1. The van der Waals surface area contributed by atoms with Crippen molar-refractivity contribution in [3.63, 3.8) is 0 Å². The number of halogens is 1.